The van der Waals surface area contributed by atoms with Gasteiger partial charge < -0.3 is 14.7 Å². The molecule has 0 bridgehead atoms. The molecule has 1 fully saturated rings. The number of rotatable bonds is 7. The van der Waals surface area contributed by atoms with Gasteiger partial charge in [-0.2, -0.15) is 0 Å². The Kier molecular flexibility index (Phi) is 6.37. The third-order valence-corrected chi connectivity index (χ3v) is 5.12. The molecule has 5 nitrogen and oxygen atoms in total. The molecule has 152 valence electrons. The highest BCUT2D eigenvalue weighted by Crippen LogP contribution is 2.40. The van der Waals surface area contributed by atoms with Crippen LogP contribution in [-0.2, 0) is 9.59 Å². The third kappa shape index (κ3) is 4.19. The summed E-state index contributed by atoms with van der Waals surface area (Å²) in [5.41, 5.74) is 2.49. The molecule has 29 heavy (non-hydrogen) atoms. The Labute approximate surface area is 171 Å². The average molecular weight is 393 g/mol. The lowest BCUT2D eigenvalue weighted by Crippen LogP contribution is -2.30. The predicted molar refractivity (Wildman–Crippen MR) is 113 cm³/mol. The van der Waals surface area contributed by atoms with Crippen LogP contribution in [0.2, 0.25) is 0 Å². The number of benzene rings is 2. The number of likely N-dealkylation sites (tertiary alicyclic amines) is 1. The fraction of sp³-hybridized carbons (Fsp3) is 0.333. The molecule has 0 spiro atoms. The number of carbonyl (C=O) groups excluding carboxylic acids is 2. The van der Waals surface area contributed by atoms with Crippen LogP contribution in [0.5, 0.6) is 5.75 Å². The van der Waals surface area contributed by atoms with Gasteiger partial charge in [0.05, 0.1) is 18.2 Å². The van der Waals surface area contributed by atoms with Crippen LogP contribution in [0.25, 0.3) is 5.76 Å². The van der Waals surface area contributed by atoms with Crippen LogP contribution in [0.3, 0.4) is 0 Å². The van der Waals surface area contributed by atoms with E-state index in [-0.39, 0.29) is 11.3 Å². The number of aryl methyl sites for hydroxylation is 1. The molecule has 1 N–H and O–H groups in total. The zero-order chi connectivity index (χ0) is 21.0. The molecule has 5 heteroatoms. The number of carbonyl (C=O) groups is 2. The van der Waals surface area contributed by atoms with Crippen molar-refractivity contribution >= 4 is 17.4 Å². The number of Topliss-reactive ketones (excluding diaryl/α,β-unsaturated/α-hetero) is 1. The van der Waals surface area contributed by atoms with Gasteiger partial charge >= 0.3 is 0 Å². The fourth-order valence-corrected chi connectivity index (χ4v) is 3.57. The van der Waals surface area contributed by atoms with Gasteiger partial charge in [0, 0.05) is 12.1 Å². The first-order valence-electron chi connectivity index (χ1n) is 10.1. The summed E-state index contributed by atoms with van der Waals surface area (Å²) in [6, 6.07) is 14.0. The molecule has 1 saturated heterocycles. The Morgan fingerprint density at radius 2 is 1.69 bits per heavy atom. The van der Waals surface area contributed by atoms with Gasteiger partial charge in [-0.15, -0.1) is 0 Å². The van der Waals surface area contributed by atoms with E-state index in [0.717, 1.165) is 29.7 Å². The molecule has 0 aromatic heterocycles. The first-order chi connectivity index (χ1) is 14.0. The maximum Gasteiger partial charge on any atom is 0.295 e. The summed E-state index contributed by atoms with van der Waals surface area (Å²) in [6.07, 6.45) is 1.68. The molecule has 1 aliphatic rings. The summed E-state index contributed by atoms with van der Waals surface area (Å²) >= 11 is 0. The Balaban J connectivity index is 2.10. The van der Waals surface area contributed by atoms with Gasteiger partial charge in [0.1, 0.15) is 11.5 Å². The second-order valence-electron chi connectivity index (χ2n) is 7.21. The minimum Gasteiger partial charge on any atom is -0.507 e. The number of aliphatic hydroxyl groups excluding tert-OH is 1. The highest BCUT2D eigenvalue weighted by Gasteiger charge is 2.45. The first-order valence-corrected chi connectivity index (χ1v) is 10.1. The summed E-state index contributed by atoms with van der Waals surface area (Å²) in [6.45, 7) is 6.92. The van der Waals surface area contributed by atoms with Crippen molar-refractivity contribution in [3.63, 3.8) is 0 Å². The number of amides is 1. The van der Waals surface area contributed by atoms with Crippen molar-refractivity contribution in [2.75, 3.05) is 13.2 Å². The number of unbranched alkanes of at least 4 members (excludes halogenated alkanes) is 1. The summed E-state index contributed by atoms with van der Waals surface area (Å²) in [5.74, 6) is -0.620. The van der Waals surface area contributed by atoms with Crippen molar-refractivity contribution in [3.8, 4) is 5.75 Å². The Bertz CT molecular complexity index is 913. The van der Waals surface area contributed by atoms with Gasteiger partial charge in [-0.05, 0) is 38.0 Å². The lowest BCUT2D eigenvalue weighted by atomic mass is 9.95. The lowest BCUT2D eigenvalue weighted by Gasteiger charge is -2.25. The molecule has 1 aliphatic heterocycles. The fourth-order valence-electron chi connectivity index (χ4n) is 3.57. The molecule has 1 heterocycles. The Morgan fingerprint density at radius 3 is 2.28 bits per heavy atom. The van der Waals surface area contributed by atoms with Gasteiger partial charge in [-0.25, -0.2) is 0 Å². The molecule has 1 amide bonds. The van der Waals surface area contributed by atoms with Gasteiger partial charge in [-0.3, -0.25) is 9.59 Å². The number of nitrogens with zero attached hydrogens (tertiary/aromatic N) is 1. The van der Waals surface area contributed by atoms with E-state index in [4.69, 9.17) is 4.74 Å². The largest absolute Gasteiger partial charge is 0.507 e. The van der Waals surface area contributed by atoms with Crippen molar-refractivity contribution in [3.05, 3.63) is 70.8 Å². The van der Waals surface area contributed by atoms with E-state index in [1.165, 1.54) is 0 Å². The van der Waals surface area contributed by atoms with Crippen molar-refractivity contribution in [2.45, 2.75) is 39.7 Å². The molecule has 2 aromatic carbocycles. The highest BCUT2D eigenvalue weighted by molar-refractivity contribution is 6.46. The second kappa shape index (κ2) is 8.95. The molecular formula is C24H27NO4. The standard InChI is InChI=1S/C24H27NO4/c1-4-6-15-25-21(17-11-13-19(14-12-17)29-5-2)20(23(27)24(25)28)22(26)18-9-7-16(3)8-10-18/h7-14,21,26H,4-6,15H2,1-3H3/b22-20-. The van der Waals surface area contributed by atoms with Crippen molar-refractivity contribution < 1.29 is 19.4 Å². The number of aliphatic hydroxyl groups is 1. The molecular weight excluding hydrogens is 366 g/mol. The highest BCUT2D eigenvalue weighted by atomic mass is 16.5. The number of ketones is 1. The number of hydrogen-bond acceptors (Lipinski definition) is 4. The van der Waals surface area contributed by atoms with E-state index in [1.54, 1.807) is 17.0 Å². The van der Waals surface area contributed by atoms with E-state index in [2.05, 4.69) is 0 Å². The second-order valence-corrected chi connectivity index (χ2v) is 7.21. The van der Waals surface area contributed by atoms with E-state index in [9.17, 15) is 14.7 Å². The van der Waals surface area contributed by atoms with Crippen LogP contribution in [0.15, 0.2) is 54.1 Å². The summed E-state index contributed by atoms with van der Waals surface area (Å²) in [7, 11) is 0. The monoisotopic (exact) mass is 393 g/mol. The Hall–Kier alpha value is -3.08. The minimum atomic E-state index is -0.641. The molecule has 0 radical (unpaired) electrons. The lowest BCUT2D eigenvalue weighted by molar-refractivity contribution is -0.139. The molecule has 1 atom stereocenters. The molecule has 2 aromatic rings. The van der Waals surface area contributed by atoms with E-state index in [1.807, 2.05) is 57.2 Å². The maximum atomic E-state index is 12.9. The number of ether oxygens (including phenoxy) is 1. The molecule has 3 rings (SSSR count). The smallest absolute Gasteiger partial charge is 0.295 e. The zero-order valence-corrected chi connectivity index (χ0v) is 17.1. The van der Waals surface area contributed by atoms with Crippen LogP contribution in [0.1, 0.15) is 49.4 Å². The van der Waals surface area contributed by atoms with E-state index < -0.39 is 17.7 Å². The minimum absolute atomic E-state index is 0.138. The number of hydrogen-bond donors (Lipinski definition) is 1. The molecule has 1 unspecified atom stereocenters. The zero-order valence-electron chi connectivity index (χ0n) is 17.1. The van der Waals surface area contributed by atoms with Crippen LogP contribution in [0.4, 0.5) is 0 Å². The van der Waals surface area contributed by atoms with E-state index >= 15 is 0 Å². The van der Waals surface area contributed by atoms with Gasteiger partial charge in [0.25, 0.3) is 11.7 Å². The average Bonchev–Trinajstić information content (AvgIpc) is 2.98. The van der Waals surface area contributed by atoms with Gasteiger partial charge in [0.2, 0.25) is 0 Å². The van der Waals surface area contributed by atoms with Crippen LogP contribution >= 0.6 is 0 Å². The van der Waals surface area contributed by atoms with Crippen LogP contribution in [0, 0.1) is 6.92 Å². The van der Waals surface area contributed by atoms with Gasteiger partial charge in [0.15, 0.2) is 0 Å². The van der Waals surface area contributed by atoms with Crippen molar-refractivity contribution in [1.82, 2.24) is 4.90 Å². The quantitative estimate of drug-likeness (QED) is 0.424. The predicted octanol–water partition coefficient (Wildman–Crippen LogP) is 4.62. The normalized spacial score (nSPS) is 18.3. The van der Waals surface area contributed by atoms with Crippen molar-refractivity contribution in [2.24, 2.45) is 0 Å². The first kappa shape index (κ1) is 20.6. The summed E-state index contributed by atoms with van der Waals surface area (Å²) in [5, 5.41) is 11.0. The van der Waals surface area contributed by atoms with Crippen LogP contribution < -0.4 is 4.74 Å². The summed E-state index contributed by atoms with van der Waals surface area (Å²) < 4.78 is 5.50. The van der Waals surface area contributed by atoms with Crippen LogP contribution in [-0.4, -0.2) is 34.8 Å². The third-order valence-electron chi connectivity index (χ3n) is 5.12. The van der Waals surface area contributed by atoms with Gasteiger partial charge in [-0.1, -0.05) is 55.3 Å². The summed E-state index contributed by atoms with van der Waals surface area (Å²) in [4.78, 5) is 27.2. The molecule has 0 aliphatic carbocycles. The maximum absolute atomic E-state index is 12.9. The molecule has 0 saturated carbocycles. The van der Waals surface area contributed by atoms with Crippen molar-refractivity contribution in [1.29, 1.82) is 0 Å². The topological polar surface area (TPSA) is 66.8 Å². The van der Waals surface area contributed by atoms with E-state index in [0.29, 0.717) is 18.7 Å². The Morgan fingerprint density at radius 1 is 1.03 bits per heavy atom. The SMILES string of the molecule is CCCCN1C(=O)C(=O)/C(=C(\O)c2ccc(C)cc2)C1c1ccc(OCC)cc1.